The highest BCUT2D eigenvalue weighted by molar-refractivity contribution is 5.52. The summed E-state index contributed by atoms with van der Waals surface area (Å²) in [6.45, 7) is 2.78. The maximum Gasteiger partial charge on any atom is 0.120 e. The van der Waals surface area contributed by atoms with Gasteiger partial charge in [-0.15, -0.1) is 0 Å². The van der Waals surface area contributed by atoms with Crippen molar-refractivity contribution in [2.24, 2.45) is 0 Å². The van der Waals surface area contributed by atoms with Crippen molar-refractivity contribution < 1.29 is 5.11 Å². The maximum absolute atomic E-state index is 9.68. The van der Waals surface area contributed by atoms with Crippen LogP contribution < -0.4 is 5.32 Å². The first-order chi connectivity index (χ1) is 8.31. The van der Waals surface area contributed by atoms with E-state index >= 15 is 0 Å². The molecule has 2 N–H and O–H groups in total. The molecular weight excluding hydrogens is 210 g/mol. The van der Waals surface area contributed by atoms with E-state index in [0.717, 1.165) is 17.7 Å². The van der Waals surface area contributed by atoms with Crippen molar-refractivity contribution in [2.75, 3.05) is 5.32 Å². The third-order valence-electron chi connectivity index (χ3n) is 2.86. The number of aromatic hydroxyl groups is 1. The molecule has 2 heteroatoms. The van der Waals surface area contributed by atoms with E-state index in [9.17, 15) is 5.11 Å². The summed E-state index contributed by atoms with van der Waals surface area (Å²) in [7, 11) is 0. The Labute approximate surface area is 102 Å². The van der Waals surface area contributed by atoms with Gasteiger partial charge in [-0.05, 0) is 24.1 Å². The summed E-state index contributed by atoms with van der Waals surface area (Å²) >= 11 is 0. The molecule has 2 aromatic rings. The van der Waals surface area contributed by atoms with Crippen LogP contribution in [0, 0.1) is 0 Å². The number of rotatable bonds is 4. The van der Waals surface area contributed by atoms with Crippen LogP contribution in [0.3, 0.4) is 0 Å². The third-order valence-corrected chi connectivity index (χ3v) is 2.86. The highest BCUT2D eigenvalue weighted by Gasteiger charge is 2.01. The summed E-state index contributed by atoms with van der Waals surface area (Å²) < 4.78 is 0. The van der Waals surface area contributed by atoms with Crippen LogP contribution in [-0.2, 0) is 13.0 Å². The minimum Gasteiger partial charge on any atom is -0.508 e. The van der Waals surface area contributed by atoms with E-state index in [4.69, 9.17) is 0 Å². The van der Waals surface area contributed by atoms with Gasteiger partial charge in [0.15, 0.2) is 0 Å². The number of hydrogen-bond acceptors (Lipinski definition) is 2. The number of hydrogen-bond donors (Lipinski definition) is 2. The first-order valence-electron chi connectivity index (χ1n) is 5.90. The zero-order valence-electron chi connectivity index (χ0n) is 9.98. The molecule has 0 radical (unpaired) electrons. The van der Waals surface area contributed by atoms with Crippen molar-refractivity contribution in [2.45, 2.75) is 19.9 Å². The van der Waals surface area contributed by atoms with Crippen LogP contribution in [0.1, 0.15) is 18.1 Å². The number of phenols is 1. The van der Waals surface area contributed by atoms with E-state index in [1.165, 1.54) is 5.56 Å². The Balaban J connectivity index is 2.10. The largest absolute Gasteiger partial charge is 0.508 e. The van der Waals surface area contributed by atoms with Gasteiger partial charge in [0.2, 0.25) is 0 Å². The number of phenolic OH excluding ortho intramolecular Hbond substituents is 1. The molecule has 0 fully saturated rings. The Morgan fingerprint density at radius 1 is 0.941 bits per heavy atom. The Morgan fingerprint density at radius 3 is 2.29 bits per heavy atom. The molecule has 0 amide bonds. The zero-order chi connectivity index (χ0) is 12.1. The Hall–Kier alpha value is -1.96. The molecule has 0 aliphatic rings. The van der Waals surface area contributed by atoms with Crippen molar-refractivity contribution >= 4 is 5.69 Å². The minimum absolute atomic E-state index is 0.342. The molecule has 0 saturated carbocycles. The van der Waals surface area contributed by atoms with Gasteiger partial charge in [-0.3, -0.25) is 0 Å². The minimum atomic E-state index is 0.342. The van der Waals surface area contributed by atoms with Crippen LogP contribution in [0.25, 0.3) is 0 Å². The fourth-order valence-corrected chi connectivity index (χ4v) is 1.85. The lowest BCUT2D eigenvalue weighted by atomic mass is 10.1. The summed E-state index contributed by atoms with van der Waals surface area (Å²) in [5.41, 5.74) is 3.35. The van der Waals surface area contributed by atoms with E-state index < -0.39 is 0 Å². The maximum atomic E-state index is 9.68. The van der Waals surface area contributed by atoms with E-state index in [1.54, 1.807) is 6.07 Å². The topological polar surface area (TPSA) is 32.3 Å². The fraction of sp³-hybridized carbons (Fsp3) is 0.200. The van der Waals surface area contributed by atoms with Crippen LogP contribution in [0.15, 0.2) is 48.5 Å². The van der Waals surface area contributed by atoms with Gasteiger partial charge in [0.05, 0.1) is 0 Å². The van der Waals surface area contributed by atoms with Crippen molar-refractivity contribution in [1.29, 1.82) is 0 Å². The highest BCUT2D eigenvalue weighted by Crippen LogP contribution is 2.20. The Morgan fingerprint density at radius 2 is 1.59 bits per heavy atom. The molecule has 2 nitrogen and oxygen atoms in total. The molecular formula is C15H17NO. The molecule has 0 aliphatic heterocycles. The number of benzene rings is 2. The fourth-order valence-electron chi connectivity index (χ4n) is 1.85. The van der Waals surface area contributed by atoms with Crippen LogP contribution in [0.4, 0.5) is 5.69 Å². The summed E-state index contributed by atoms with van der Waals surface area (Å²) in [6.07, 6.45) is 1.00. The second-order valence-corrected chi connectivity index (χ2v) is 3.99. The van der Waals surface area contributed by atoms with Crippen LogP contribution >= 0.6 is 0 Å². The first kappa shape index (κ1) is 11.5. The predicted octanol–water partition coefficient (Wildman–Crippen LogP) is 3.57. The van der Waals surface area contributed by atoms with Gasteiger partial charge in [-0.25, -0.2) is 0 Å². The first-order valence-corrected chi connectivity index (χ1v) is 5.90. The predicted molar refractivity (Wildman–Crippen MR) is 71.3 cm³/mol. The summed E-state index contributed by atoms with van der Waals surface area (Å²) in [5.74, 6) is 0.342. The molecule has 0 bridgehead atoms. The SMILES string of the molecule is CCc1ccccc1NCc1ccccc1O. The standard InChI is InChI=1S/C15H17NO/c1-2-12-7-3-5-9-14(12)16-11-13-8-4-6-10-15(13)17/h3-10,16-17H,2,11H2,1H3. The lowest BCUT2D eigenvalue weighted by molar-refractivity contribution is 0.469. The molecule has 2 rings (SSSR count). The van der Waals surface area contributed by atoms with Gasteiger partial charge in [-0.1, -0.05) is 43.3 Å². The van der Waals surface area contributed by atoms with Gasteiger partial charge in [0.25, 0.3) is 0 Å². The molecule has 17 heavy (non-hydrogen) atoms. The second kappa shape index (κ2) is 5.39. The van der Waals surface area contributed by atoms with Crippen molar-refractivity contribution in [3.8, 4) is 5.75 Å². The molecule has 0 atom stereocenters. The van der Waals surface area contributed by atoms with Crippen molar-refractivity contribution in [3.63, 3.8) is 0 Å². The lowest BCUT2D eigenvalue weighted by Gasteiger charge is -2.11. The number of anilines is 1. The molecule has 0 spiro atoms. The summed E-state index contributed by atoms with van der Waals surface area (Å²) in [4.78, 5) is 0. The van der Waals surface area contributed by atoms with Crippen molar-refractivity contribution in [3.05, 3.63) is 59.7 Å². The van der Waals surface area contributed by atoms with Crippen LogP contribution in [0.2, 0.25) is 0 Å². The molecule has 2 aromatic carbocycles. The third kappa shape index (κ3) is 2.78. The average Bonchev–Trinajstić information content (AvgIpc) is 2.38. The second-order valence-electron chi connectivity index (χ2n) is 3.99. The molecule has 0 saturated heterocycles. The van der Waals surface area contributed by atoms with Crippen LogP contribution in [0.5, 0.6) is 5.75 Å². The molecule has 0 aromatic heterocycles. The van der Waals surface area contributed by atoms with E-state index in [2.05, 4.69) is 24.4 Å². The van der Waals surface area contributed by atoms with Gasteiger partial charge in [0.1, 0.15) is 5.75 Å². The van der Waals surface area contributed by atoms with Gasteiger partial charge in [-0.2, -0.15) is 0 Å². The number of para-hydroxylation sites is 2. The van der Waals surface area contributed by atoms with Gasteiger partial charge < -0.3 is 10.4 Å². The lowest BCUT2D eigenvalue weighted by Crippen LogP contribution is -2.02. The molecule has 88 valence electrons. The highest BCUT2D eigenvalue weighted by atomic mass is 16.3. The van der Waals surface area contributed by atoms with E-state index in [0.29, 0.717) is 12.3 Å². The van der Waals surface area contributed by atoms with Crippen molar-refractivity contribution in [1.82, 2.24) is 0 Å². The Bertz CT molecular complexity index is 494. The zero-order valence-corrected chi connectivity index (χ0v) is 9.98. The normalized spacial score (nSPS) is 10.2. The van der Waals surface area contributed by atoms with E-state index in [1.807, 2.05) is 30.3 Å². The van der Waals surface area contributed by atoms with E-state index in [-0.39, 0.29) is 0 Å². The number of aryl methyl sites for hydroxylation is 1. The van der Waals surface area contributed by atoms with Crippen LogP contribution in [-0.4, -0.2) is 5.11 Å². The molecule has 0 unspecified atom stereocenters. The quantitative estimate of drug-likeness (QED) is 0.837. The summed E-state index contributed by atoms with van der Waals surface area (Å²) in [5, 5.41) is 13.0. The monoisotopic (exact) mass is 227 g/mol. The van der Waals surface area contributed by atoms with Gasteiger partial charge in [0, 0.05) is 17.8 Å². The smallest absolute Gasteiger partial charge is 0.120 e. The molecule has 0 aliphatic carbocycles. The summed E-state index contributed by atoms with van der Waals surface area (Å²) in [6, 6.07) is 15.7. The molecule has 0 heterocycles. The Kier molecular flexibility index (Phi) is 3.66. The average molecular weight is 227 g/mol. The number of nitrogens with one attached hydrogen (secondary N) is 1. The van der Waals surface area contributed by atoms with Gasteiger partial charge >= 0.3 is 0 Å².